The minimum atomic E-state index is 0.143. The van der Waals surface area contributed by atoms with Crippen LogP contribution in [0.4, 0.5) is 5.69 Å². The highest BCUT2D eigenvalue weighted by atomic mass is 16.2. The Labute approximate surface area is 134 Å². The summed E-state index contributed by atoms with van der Waals surface area (Å²) in [5, 5.41) is 14.1. The summed E-state index contributed by atoms with van der Waals surface area (Å²) >= 11 is 0. The summed E-state index contributed by atoms with van der Waals surface area (Å²) in [5.41, 5.74) is 3.12. The van der Waals surface area contributed by atoms with Crippen LogP contribution < -0.4 is 5.32 Å². The maximum Gasteiger partial charge on any atom is 0.224 e. The van der Waals surface area contributed by atoms with E-state index in [9.17, 15) is 4.79 Å². The van der Waals surface area contributed by atoms with Crippen molar-refractivity contribution in [1.29, 1.82) is 0 Å². The molecule has 1 unspecified atom stereocenters. The van der Waals surface area contributed by atoms with Gasteiger partial charge in [0.2, 0.25) is 5.91 Å². The maximum absolute atomic E-state index is 12.3. The fraction of sp³-hybridized carbons (Fsp3) is 0.533. The highest BCUT2D eigenvalue weighted by Crippen LogP contribution is 2.28. The molecule has 1 amide bonds. The lowest BCUT2D eigenvalue weighted by Crippen LogP contribution is -2.29. The number of nitrogens with zero attached hydrogens (tertiary/aromatic N) is 6. The number of rotatable bonds is 5. The monoisotopic (exact) mass is 315 g/mol. The highest BCUT2D eigenvalue weighted by Gasteiger charge is 2.28. The zero-order valence-corrected chi connectivity index (χ0v) is 13.4. The van der Waals surface area contributed by atoms with Crippen molar-refractivity contribution in [2.75, 3.05) is 25.5 Å². The van der Waals surface area contributed by atoms with Gasteiger partial charge in [0.05, 0.1) is 6.54 Å². The second-order valence-electron chi connectivity index (χ2n) is 5.82. The van der Waals surface area contributed by atoms with Crippen LogP contribution in [0.1, 0.15) is 30.1 Å². The molecule has 1 aliphatic heterocycles. The summed E-state index contributed by atoms with van der Waals surface area (Å²) < 4.78 is 1.58. The molecule has 8 nitrogen and oxygen atoms in total. The smallest absolute Gasteiger partial charge is 0.224 e. The third-order valence-electron chi connectivity index (χ3n) is 4.17. The molecule has 3 rings (SSSR count). The average Bonchev–Trinajstić information content (AvgIpc) is 3.23. The molecule has 0 saturated carbocycles. The predicted octanol–water partition coefficient (Wildman–Crippen LogP) is 0.824. The Morgan fingerprint density at radius 3 is 3.04 bits per heavy atom. The molecular weight excluding hydrogens is 294 g/mol. The first-order chi connectivity index (χ1) is 11.2. The lowest BCUT2D eigenvalue weighted by atomic mass is 10.0. The van der Waals surface area contributed by atoms with Crippen LogP contribution in [0.3, 0.4) is 0 Å². The molecule has 0 spiro atoms. The molecule has 1 aliphatic rings. The van der Waals surface area contributed by atoms with Crippen molar-refractivity contribution >= 4 is 11.6 Å². The van der Waals surface area contributed by atoms with Crippen molar-refractivity contribution in [3.63, 3.8) is 0 Å². The van der Waals surface area contributed by atoms with E-state index in [4.69, 9.17) is 0 Å². The first-order valence-corrected chi connectivity index (χ1v) is 7.80. The molecule has 1 saturated heterocycles. The number of aryl methyl sites for hydroxylation is 2. The van der Waals surface area contributed by atoms with E-state index in [1.165, 1.54) is 6.33 Å². The lowest BCUT2D eigenvalue weighted by molar-refractivity contribution is -0.130. The van der Waals surface area contributed by atoms with E-state index in [2.05, 4.69) is 31.9 Å². The highest BCUT2D eigenvalue weighted by molar-refractivity contribution is 5.76. The molecule has 122 valence electrons. The Hall–Kier alpha value is -2.51. The molecule has 3 heterocycles. The van der Waals surface area contributed by atoms with Gasteiger partial charge < -0.3 is 10.2 Å². The largest absolute Gasteiger partial charge is 0.388 e. The number of hydrogen-bond acceptors (Lipinski definition) is 6. The van der Waals surface area contributed by atoms with Crippen molar-refractivity contribution in [2.24, 2.45) is 0 Å². The lowest BCUT2D eigenvalue weighted by Gasteiger charge is -2.17. The van der Waals surface area contributed by atoms with Gasteiger partial charge in [-0.3, -0.25) is 9.78 Å². The number of amides is 1. The predicted molar refractivity (Wildman–Crippen MR) is 84.9 cm³/mol. The minimum absolute atomic E-state index is 0.143. The van der Waals surface area contributed by atoms with Crippen molar-refractivity contribution < 1.29 is 4.79 Å². The quantitative estimate of drug-likeness (QED) is 0.879. The Morgan fingerprint density at radius 2 is 2.30 bits per heavy atom. The molecule has 8 heteroatoms. The Morgan fingerprint density at radius 1 is 1.43 bits per heavy atom. The SMILES string of the molecule is CNc1cc(C)nc(C2CCN(C(=O)CCn3cnnn3)C2)c1. The molecular formula is C15H21N7O. The molecule has 1 atom stereocenters. The van der Waals surface area contributed by atoms with E-state index < -0.39 is 0 Å². The summed E-state index contributed by atoms with van der Waals surface area (Å²) in [7, 11) is 1.90. The van der Waals surface area contributed by atoms with E-state index in [0.29, 0.717) is 18.9 Å². The van der Waals surface area contributed by atoms with Gasteiger partial charge in [0.15, 0.2) is 0 Å². The number of hydrogen-bond donors (Lipinski definition) is 1. The number of tetrazole rings is 1. The van der Waals surface area contributed by atoms with Crippen LogP contribution in [0.25, 0.3) is 0 Å². The Balaban J connectivity index is 1.59. The van der Waals surface area contributed by atoms with Crippen molar-refractivity contribution in [2.45, 2.75) is 32.2 Å². The third kappa shape index (κ3) is 3.64. The Kier molecular flexibility index (Phi) is 4.50. The molecule has 0 bridgehead atoms. The fourth-order valence-electron chi connectivity index (χ4n) is 2.93. The summed E-state index contributed by atoms with van der Waals surface area (Å²) in [6.07, 6.45) is 2.90. The molecule has 0 aliphatic carbocycles. The number of pyridine rings is 1. The fourth-order valence-corrected chi connectivity index (χ4v) is 2.93. The standard InChI is InChI=1S/C15H21N7O/c1-11-7-13(16-2)8-14(18-11)12-3-5-21(9-12)15(23)4-6-22-10-17-19-20-22/h7-8,10,12H,3-6,9H2,1-2H3,(H,16,18). The summed E-state index contributed by atoms with van der Waals surface area (Å²) in [6, 6.07) is 4.10. The van der Waals surface area contributed by atoms with Gasteiger partial charge in [-0.1, -0.05) is 0 Å². The van der Waals surface area contributed by atoms with Crippen LogP contribution in [0, 0.1) is 6.92 Å². The first-order valence-electron chi connectivity index (χ1n) is 7.80. The van der Waals surface area contributed by atoms with Crippen molar-refractivity contribution in [3.05, 3.63) is 29.8 Å². The van der Waals surface area contributed by atoms with Crippen molar-refractivity contribution in [3.8, 4) is 0 Å². The van der Waals surface area contributed by atoms with Gasteiger partial charge in [0.1, 0.15) is 6.33 Å². The molecule has 0 radical (unpaired) electrons. The van der Waals surface area contributed by atoms with Crippen molar-refractivity contribution in [1.82, 2.24) is 30.1 Å². The van der Waals surface area contributed by atoms with Crippen LogP contribution in [0.15, 0.2) is 18.5 Å². The van der Waals surface area contributed by atoms with Gasteiger partial charge in [-0.2, -0.15) is 0 Å². The zero-order valence-electron chi connectivity index (χ0n) is 13.4. The molecule has 0 aromatic carbocycles. The third-order valence-corrected chi connectivity index (χ3v) is 4.17. The van der Waals surface area contributed by atoms with Crippen LogP contribution in [0.5, 0.6) is 0 Å². The summed E-state index contributed by atoms with van der Waals surface area (Å²) in [5.74, 6) is 0.448. The molecule has 23 heavy (non-hydrogen) atoms. The molecule has 2 aromatic heterocycles. The molecule has 2 aromatic rings. The normalized spacial score (nSPS) is 17.5. The van der Waals surface area contributed by atoms with E-state index >= 15 is 0 Å². The zero-order chi connectivity index (χ0) is 16.2. The topological polar surface area (TPSA) is 88.8 Å². The van der Waals surface area contributed by atoms with Gasteiger partial charge in [-0.15, -0.1) is 5.10 Å². The van der Waals surface area contributed by atoms with Crippen LogP contribution in [0.2, 0.25) is 0 Å². The number of carbonyl (C=O) groups is 1. The summed E-state index contributed by atoms with van der Waals surface area (Å²) in [6.45, 7) is 4.02. The van der Waals surface area contributed by atoms with Gasteiger partial charge in [-0.05, 0) is 35.9 Å². The van der Waals surface area contributed by atoms with Crippen LogP contribution >= 0.6 is 0 Å². The number of likely N-dealkylation sites (tertiary alicyclic amines) is 1. The van der Waals surface area contributed by atoms with E-state index in [-0.39, 0.29) is 5.91 Å². The molecule has 1 fully saturated rings. The van der Waals surface area contributed by atoms with Gasteiger partial charge in [0.25, 0.3) is 0 Å². The second kappa shape index (κ2) is 6.72. The summed E-state index contributed by atoms with van der Waals surface area (Å²) in [4.78, 5) is 18.9. The van der Waals surface area contributed by atoms with E-state index in [1.54, 1.807) is 4.68 Å². The minimum Gasteiger partial charge on any atom is -0.388 e. The Bertz CT molecular complexity index is 670. The first kappa shape index (κ1) is 15.4. The van der Waals surface area contributed by atoms with Crippen LogP contribution in [-0.4, -0.2) is 56.1 Å². The maximum atomic E-state index is 12.3. The number of nitrogens with one attached hydrogen (secondary N) is 1. The van der Waals surface area contributed by atoms with Gasteiger partial charge in [0, 0.05) is 49.6 Å². The average molecular weight is 315 g/mol. The molecule has 1 N–H and O–H groups in total. The van der Waals surface area contributed by atoms with Gasteiger partial charge >= 0.3 is 0 Å². The number of aromatic nitrogens is 5. The number of carbonyl (C=O) groups excluding carboxylic acids is 1. The number of anilines is 1. The van der Waals surface area contributed by atoms with Crippen LogP contribution in [-0.2, 0) is 11.3 Å². The van der Waals surface area contributed by atoms with Gasteiger partial charge in [-0.25, -0.2) is 4.68 Å². The second-order valence-corrected chi connectivity index (χ2v) is 5.82. The van der Waals surface area contributed by atoms with E-state index in [1.807, 2.05) is 24.9 Å². The van der Waals surface area contributed by atoms with E-state index in [0.717, 1.165) is 36.6 Å².